The lowest BCUT2D eigenvalue weighted by atomic mass is 10.0. The number of piperidine rings is 1. The lowest BCUT2D eigenvalue weighted by Gasteiger charge is -2.39. The standard InChI is InChI=1S/C29H38N8O3/c1-4-25(38)35-12-6-9-23(18-35)36(17-20-7-5-8-21(15-20)26(30)39)29-34-28(32-22-10-13-40-14-11-22)33-27-24(19(2)3)16-31-37(27)29/h4-5,7-8,15-16,19,22-23H,1,6,9-14,17-18H2,2-3H3,(H2,30,39)(H,32,33)/t23-/m0/s1. The number of ether oxygens (including phenoxy) is 1. The van der Waals surface area contributed by atoms with Gasteiger partial charge in [0.05, 0.1) is 6.20 Å². The molecule has 2 aliphatic rings. The van der Waals surface area contributed by atoms with Gasteiger partial charge in [-0.3, -0.25) is 9.59 Å². The maximum absolute atomic E-state index is 12.6. The molecule has 1 aromatic carbocycles. The summed E-state index contributed by atoms with van der Waals surface area (Å²) in [6.07, 6.45) is 6.69. The predicted octanol–water partition coefficient (Wildman–Crippen LogP) is 3.12. The van der Waals surface area contributed by atoms with Gasteiger partial charge in [0.2, 0.25) is 23.7 Å². The van der Waals surface area contributed by atoms with Crippen LogP contribution in [-0.4, -0.2) is 74.7 Å². The minimum atomic E-state index is -0.477. The number of primary amides is 1. The zero-order valence-corrected chi connectivity index (χ0v) is 23.3. The molecule has 11 heteroatoms. The normalized spacial score (nSPS) is 18.2. The number of benzene rings is 1. The van der Waals surface area contributed by atoms with Crippen molar-refractivity contribution in [2.24, 2.45) is 5.73 Å². The summed E-state index contributed by atoms with van der Waals surface area (Å²) in [5, 5.41) is 8.27. The smallest absolute Gasteiger partial charge is 0.248 e. The van der Waals surface area contributed by atoms with E-state index in [1.165, 1.54) is 6.08 Å². The highest BCUT2D eigenvalue weighted by Crippen LogP contribution is 2.29. The van der Waals surface area contributed by atoms with Crippen LogP contribution in [0.1, 0.15) is 66.9 Å². The molecule has 0 bridgehead atoms. The summed E-state index contributed by atoms with van der Waals surface area (Å²) in [7, 11) is 0. The van der Waals surface area contributed by atoms with E-state index in [1.807, 2.05) is 29.3 Å². The molecule has 40 heavy (non-hydrogen) atoms. The van der Waals surface area contributed by atoms with E-state index in [9.17, 15) is 9.59 Å². The molecular formula is C29H38N8O3. The molecule has 212 valence electrons. The summed E-state index contributed by atoms with van der Waals surface area (Å²) in [5.74, 6) is 0.828. The van der Waals surface area contributed by atoms with Gasteiger partial charge in [-0.15, -0.1) is 0 Å². The molecule has 0 aliphatic carbocycles. The van der Waals surface area contributed by atoms with Crippen molar-refractivity contribution in [3.63, 3.8) is 0 Å². The number of likely N-dealkylation sites (tertiary alicyclic amines) is 1. The van der Waals surface area contributed by atoms with Crippen LogP contribution in [0, 0.1) is 0 Å². The van der Waals surface area contributed by atoms with Gasteiger partial charge in [-0.1, -0.05) is 32.6 Å². The SMILES string of the molecule is C=CC(=O)N1CCC[C@H](N(Cc2cccc(C(N)=O)c2)c2nc(NC3CCOCC3)nc3c(C(C)C)cnn23)C1. The zero-order valence-electron chi connectivity index (χ0n) is 23.3. The second-order valence-corrected chi connectivity index (χ2v) is 10.8. The Kier molecular flexibility index (Phi) is 8.29. The fourth-order valence-electron chi connectivity index (χ4n) is 5.48. The van der Waals surface area contributed by atoms with E-state index in [2.05, 4.69) is 30.6 Å². The van der Waals surface area contributed by atoms with Crippen LogP contribution in [0.3, 0.4) is 0 Å². The van der Waals surface area contributed by atoms with Gasteiger partial charge in [-0.25, -0.2) is 0 Å². The Labute approximate surface area is 234 Å². The summed E-state index contributed by atoms with van der Waals surface area (Å²) < 4.78 is 7.35. The summed E-state index contributed by atoms with van der Waals surface area (Å²) in [6, 6.07) is 7.49. The Hall–Kier alpha value is -3.99. The minimum absolute atomic E-state index is 0.0457. The van der Waals surface area contributed by atoms with E-state index in [0.29, 0.717) is 50.3 Å². The van der Waals surface area contributed by atoms with Crippen molar-refractivity contribution in [2.45, 2.75) is 64.1 Å². The van der Waals surface area contributed by atoms with Gasteiger partial charge in [0.25, 0.3) is 0 Å². The Morgan fingerprint density at radius 3 is 2.77 bits per heavy atom. The van der Waals surface area contributed by atoms with Gasteiger partial charge in [-0.05, 0) is 55.4 Å². The number of carbonyl (C=O) groups excluding carboxylic acids is 2. The van der Waals surface area contributed by atoms with E-state index < -0.39 is 5.91 Å². The highest BCUT2D eigenvalue weighted by molar-refractivity contribution is 5.92. The number of fused-ring (bicyclic) bond motifs is 1. The third-order valence-corrected chi connectivity index (χ3v) is 7.70. The van der Waals surface area contributed by atoms with E-state index in [4.69, 9.17) is 25.5 Å². The number of hydrogen-bond donors (Lipinski definition) is 2. The largest absolute Gasteiger partial charge is 0.381 e. The van der Waals surface area contributed by atoms with Crippen molar-refractivity contribution in [2.75, 3.05) is 36.5 Å². The second-order valence-electron chi connectivity index (χ2n) is 10.8. The molecular weight excluding hydrogens is 508 g/mol. The maximum Gasteiger partial charge on any atom is 0.248 e. The highest BCUT2D eigenvalue weighted by atomic mass is 16.5. The molecule has 3 aromatic rings. The van der Waals surface area contributed by atoms with Crippen LogP contribution in [0.4, 0.5) is 11.9 Å². The molecule has 0 radical (unpaired) electrons. The van der Waals surface area contributed by atoms with E-state index in [-0.39, 0.29) is 23.9 Å². The Bertz CT molecular complexity index is 1380. The molecule has 2 amide bonds. The van der Waals surface area contributed by atoms with E-state index in [1.54, 1.807) is 10.6 Å². The van der Waals surface area contributed by atoms with Crippen LogP contribution in [0.25, 0.3) is 5.65 Å². The Morgan fingerprint density at radius 2 is 2.05 bits per heavy atom. The summed E-state index contributed by atoms with van der Waals surface area (Å²) in [5.41, 5.74) is 8.72. The first kappa shape index (κ1) is 27.6. The highest BCUT2D eigenvalue weighted by Gasteiger charge is 2.31. The molecule has 2 aliphatic heterocycles. The first-order chi connectivity index (χ1) is 19.3. The van der Waals surface area contributed by atoms with Crippen molar-refractivity contribution < 1.29 is 14.3 Å². The Balaban J connectivity index is 1.61. The zero-order chi connectivity index (χ0) is 28.2. The number of nitrogens with two attached hydrogens (primary N) is 1. The quantitative estimate of drug-likeness (QED) is 0.392. The van der Waals surface area contributed by atoms with Crippen molar-refractivity contribution in [1.82, 2.24) is 24.5 Å². The molecule has 5 rings (SSSR count). The van der Waals surface area contributed by atoms with Gasteiger partial charge < -0.3 is 25.6 Å². The van der Waals surface area contributed by atoms with Crippen molar-refractivity contribution in [3.8, 4) is 0 Å². The number of carbonyl (C=O) groups is 2. The van der Waals surface area contributed by atoms with E-state index in [0.717, 1.165) is 42.5 Å². The molecule has 2 saturated heterocycles. The van der Waals surface area contributed by atoms with Gasteiger partial charge >= 0.3 is 0 Å². The molecule has 11 nitrogen and oxygen atoms in total. The fourth-order valence-corrected chi connectivity index (χ4v) is 5.48. The summed E-state index contributed by atoms with van der Waals surface area (Å²) in [6.45, 7) is 11.0. The molecule has 2 aromatic heterocycles. The number of amides is 2. The van der Waals surface area contributed by atoms with Crippen LogP contribution in [0.15, 0.2) is 43.1 Å². The summed E-state index contributed by atoms with van der Waals surface area (Å²) in [4.78, 5) is 38.5. The first-order valence-electron chi connectivity index (χ1n) is 14.0. The lowest BCUT2D eigenvalue weighted by Crippen LogP contribution is -2.50. The van der Waals surface area contributed by atoms with Gasteiger partial charge in [0.1, 0.15) is 0 Å². The average molecular weight is 547 g/mol. The molecule has 0 spiro atoms. The fraction of sp³-hybridized carbons (Fsp3) is 0.483. The monoisotopic (exact) mass is 546 g/mol. The van der Waals surface area contributed by atoms with Gasteiger partial charge in [0, 0.05) is 56.1 Å². The van der Waals surface area contributed by atoms with Crippen LogP contribution < -0.4 is 16.0 Å². The summed E-state index contributed by atoms with van der Waals surface area (Å²) >= 11 is 0. The van der Waals surface area contributed by atoms with E-state index >= 15 is 0 Å². The van der Waals surface area contributed by atoms with Crippen LogP contribution in [-0.2, 0) is 16.1 Å². The van der Waals surface area contributed by atoms with Crippen LogP contribution >= 0.6 is 0 Å². The van der Waals surface area contributed by atoms with Gasteiger partial charge in [-0.2, -0.15) is 19.6 Å². The number of hydrogen-bond acceptors (Lipinski definition) is 8. The van der Waals surface area contributed by atoms with Crippen LogP contribution in [0.2, 0.25) is 0 Å². The minimum Gasteiger partial charge on any atom is -0.381 e. The lowest BCUT2D eigenvalue weighted by molar-refractivity contribution is -0.127. The number of rotatable bonds is 9. The maximum atomic E-state index is 12.6. The molecule has 4 heterocycles. The second kappa shape index (κ2) is 12.0. The molecule has 3 N–H and O–H groups in total. The van der Waals surface area contributed by atoms with Crippen molar-refractivity contribution in [1.29, 1.82) is 0 Å². The molecule has 1 atom stereocenters. The average Bonchev–Trinajstić information content (AvgIpc) is 3.40. The van der Waals surface area contributed by atoms with Gasteiger partial charge in [0.15, 0.2) is 5.65 Å². The van der Waals surface area contributed by atoms with Crippen LogP contribution in [0.5, 0.6) is 0 Å². The number of nitrogens with zero attached hydrogens (tertiary/aromatic N) is 6. The first-order valence-corrected chi connectivity index (χ1v) is 14.0. The number of aromatic nitrogens is 4. The number of anilines is 2. The Morgan fingerprint density at radius 1 is 1.25 bits per heavy atom. The predicted molar refractivity (Wildman–Crippen MR) is 153 cm³/mol. The van der Waals surface area contributed by atoms with Crippen molar-refractivity contribution >= 4 is 29.4 Å². The molecule has 2 fully saturated rings. The van der Waals surface area contributed by atoms with Crippen molar-refractivity contribution in [3.05, 3.63) is 59.8 Å². The third-order valence-electron chi connectivity index (χ3n) is 7.70. The molecule has 0 unspecified atom stereocenters. The topological polar surface area (TPSA) is 131 Å². The third kappa shape index (κ3) is 5.94. The molecule has 0 saturated carbocycles. The number of nitrogens with one attached hydrogen (secondary N) is 1.